The van der Waals surface area contributed by atoms with E-state index in [9.17, 15) is 4.39 Å². The summed E-state index contributed by atoms with van der Waals surface area (Å²) in [6, 6.07) is 11.8. The van der Waals surface area contributed by atoms with Crippen molar-refractivity contribution < 1.29 is 8.81 Å². The fraction of sp³-hybridized carbons (Fsp3) is 0.0625. The Balaban J connectivity index is 1.74. The summed E-state index contributed by atoms with van der Waals surface area (Å²) < 4.78 is 20.0. The Labute approximate surface area is 125 Å². The lowest BCUT2D eigenvalue weighted by Gasteiger charge is -1.98. The van der Waals surface area contributed by atoms with E-state index in [2.05, 4.69) is 15.1 Å². The number of nitrogens with zero attached hydrogens (tertiary/aromatic N) is 4. The Morgan fingerprint density at radius 2 is 1.95 bits per heavy atom. The maximum absolute atomic E-state index is 12.9. The summed E-state index contributed by atoms with van der Waals surface area (Å²) in [5, 5.41) is 4.48. The van der Waals surface area contributed by atoms with E-state index in [1.807, 2.05) is 18.2 Å². The monoisotopic (exact) mass is 294 g/mol. The summed E-state index contributed by atoms with van der Waals surface area (Å²) in [5.41, 5.74) is 1.73. The van der Waals surface area contributed by atoms with Crippen molar-refractivity contribution in [3.63, 3.8) is 0 Å². The molecule has 0 N–H and O–H groups in total. The van der Waals surface area contributed by atoms with Gasteiger partial charge in [0.2, 0.25) is 0 Å². The normalized spacial score (nSPS) is 11.1. The highest BCUT2D eigenvalue weighted by atomic mass is 19.1. The Hall–Kier alpha value is -3.02. The van der Waals surface area contributed by atoms with E-state index in [1.54, 1.807) is 29.1 Å². The Morgan fingerprint density at radius 3 is 2.73 bits per heavy atom. The summed E-state index contributed by atoms with van der Waals surface area (Å²) in [5.74, 6) is 1.57. The van der Waals surface area contributed by atoms with Gasteiger partial charge < -0.3 is 4.42 Å². The summed E-state index contributed by atoms with van der Waals surface area (Å²) in [6.07, 6.45) is 3.79. The van der Waals surface area contributed by atoms with Crippen molar-refractivity contribution in [2.24, 2.45) is 0 Å². The average Bonchev–Trinajstić information content (AvgIpc) is 3.18. The van der Waals surface area contributed by atoms with Crippen LogP contribution in [0.2, 0.25) is 0 Å². The van der Waals surface area contributed by atoms with E-state index in [4.69, 9.17) is 4.42 Å². The van der Waals surface area contributed by atoms with Gasteiger partial charge in [0, 0.05) is 12.6 Å². The van der Waals surface area contributed by atoms with Crippen molar-refractivity contribution in [3.05, 3.63) is 72.1 Å². The van der Waals surface area contributed by atoms with Crippen LogP contribution in [0.15, 0.2) is 59.3 Å². The van der Waals surface area contributed by atoms with E-state index in [0.717, 1.165) is 11.3 Å². The molecule has 0 saturated carbocycles. The fourth-order valence-electron chi connectivity index (χ4n) is 2.31. The number of benzene rings is 1. The van der Waals surface area contributed by atoms with Gasteiger partial charge in [0.15, 0.2) is 11.6 Å². The highest BCUT2D eigenvalue weighted by Gasteiger charge is 2.11. The highest BCUT2D eigenvalue weighted by molar-refractivity contribution is 5.54. The van der Waals surface area contributed by atoms with E-state index in [1.165, 1.54) is 12.1 Å². The quantitative estimate of drug-likeness (QED) is 0.582. The molecule has 0 amide bonds. The third-order valence-electron chi connectivity index (χ3n) is 3.33. The van der Waals surface area contributed by atoms with Crippen LogP contribution in [-0.2, 0) is 6.42 Å². The molecule has 4 aromatic rings. The minimum atomic E-state index is -0.256. The molecular weight excluding hydrogens is 283 g/mol. The van der Waals surface area contributed by atoms with Gasteiger partial charge in [-0.25, -0.2) is 9.37 Å². The molecule has 3 heterocycles. The van der Waals surface area contributed by atoms with Crippen LogP contribution in [0.3, 0.4) is 0 Å². The number of rotatable bonds is 3. The zero-order valence-corrected chi connectivity index (χ0v) is 11.5. The lowest BCUT2D eigenvalue weighted by molar-refractivity contribution is 0.577. The first-order valence-electron chi connectivity index (χ1n) is 6.78. The summed E-state index contributed by atoms with van der Waals surface area (Å²) in [6.45, 7) is 0. The zero-order valence-electron chi connectivity index (χ0n) is 11.5. The first kappa shape index (κ1) is 12.7. The predicted octanol–water partition coefficient (Wildman–Crippen LogP) is 3.11. The molecule has 0 aliphatic heterocycles. The van der Waals surface area contributed by atoms with Crippen molar-refractivity contribution in [2.75, 3.05) is 0 Å². The second kappa shape index (κ2) is 5.07. The van der Waals surface area contributed by atoms with Gasteiger partial charge in [0.1, 0.15) is 11.5 Å². The Kier molecular flexibility index (Phi) is 2.93. The van der Waals surface area contributed by atoms with E-state index < -0.39 is 0 Å². The summed E-state index contributed by atoms with van der Waals surface area (Å²) >= 11 is 0. The van der Waals surface area contributed by atoms with Gasteiger partial charge in [-0.1, -0.05) is 12.1 Å². The van der Waals surface area contributed by atoms with Crippen LogP contribution in [0, 0.1) is 5.82 Å². The number of hydrogen-bond acceptors (Lipinski definition) is 4. The van der Waals surface area contributed by atoms with Crippen LogP contribution in [-0.4, -0.2) is 19.6 Å². The topological polar surface area (TPSA) is 56.2 Å². The van der Waals surface area contributed by atoms with Crippen LogP contribution in [0.25, 0.3) is 17.2 Å². The molecule has 3 aromatic heterocycles. The standard InChI is InChI=1S/C16H11FN4O/c17-12-5-3-11(4-6-12)10-15-19-16-18-8-7-13(21(16)20-15)14-2-1-9-22-14/h1-9H,10H2. The molecule has 22 heavy (non-hydrogen) atoms. The third-order valence-corrected chi connectivity index (χ3v) is 3.33. The molecule has 0 radical (unpaired) electrons. The number of furan rings is 1. The van der Waals surface area contributed by atoms with Gasteiger partial charge in [-0.15, -0.1) is 5.10 Å². The molecule has 0 saturated heterocycles. The molecule has 0 spiro atoms. The van der Waals surface area contributed by atoms with Crippen molar-refractivity contribution in [3.8, 4) is 11.5 Å². The maximum Gasteiger partial charge on any atom is 0.253 e. The van der Waals surface area contributed by atoms with Crippen LogP contribution < -0.4 is 0 Å². The van der Waals surface area contributed by atoms with Gasteiger partial charge in [0.25, 0.3) is 5.78 Å². The molecule has 0 aliphatic rings. The lowest BCUT2D eigenvalue weighted by Crippen LogP contribution is -1.96. The minimum Gasteiger partial charge on any atom is -0.463 e. The van der Waals surface area contributed by atoms with E-state index in [-0.39, 0.29) is 5.82 Å². The number of fused-ring (bicyclic) bond motifs is 1. The van der Waals surface area contributed by atoms with E-state index in [0.29, 0.717) is 23.8 Å². The molecular formula is C16H11FN4O. The van der Waals surface area contributed by atoms with Crippen molar-refractivity contribution >= 4 is 5.78 Å². The van der Waals surface area contributed by atoms with Gasteiger partial charge in [-0.2, -0.15) is 9.50 Å². The molecule has 1 aromatic carbocycles. The molecule has 5 nitrogen and oxygen atoms in total. The van der Waals surface area contributed by atoms with Crippen molar-refractivity contribution in [2.45, 2.75) is 6.42 Å². The molecule has 0 unspecified atom stereocenters. The van der Waals surface area contributed by atoms with Crippen molar-refractivity contribution in [1.82, 2.24) is 19.6 Å². The molecule has 0 aliphatic carbocycles. The fourth-order valence-corrected chi connectivity index (χ4v) is 2.31. The first-order valence-corrected chi connectivity index (χ1v) is 6.78. The zero-order chi connectivity index (χ0) is 14.9. The van der Waals surface area contributed by atoms with Crippen LogP contribution in [0.1, 0.15) is 11.4 Å². The number of hydrogen-bond donors (Lipinski definition) is 0. The van der Waals surface area contributed by atoms with Crippen LogP contribution in [0.5, 0.6) is 0 Å². The minimum absolute atomic E-state index is 0.256. The van der Waals surface area contributed by atoms with E-state index >= 15 is 0 Å². The predicted molar refractivity (Wildman–Crippen MR) is 77.7 cm³/mol. The first-order chi connectivity index (χ1) is 10.8. The lowest BCUT2D eigenvalue weighted by atomic mass is 10.1. The molecule has 0 bridgehead atoms. The van der Waals surface area contributed by atoms with Gasteiger partial charge >= 0.3 is 0 Å². The number of aromatic nitrogens is 4. The van der Waals surface area contributed by atoms with Gasteiger partial charge in [-0.3, -0.25) is 0 Å². The molecule has 0 atom stereocenters. The molecule has 0 fully saturated rings. The van der Waals surface area contributed by atoms with Crippen LogP contribution in [0.4, 0.5) is 4.39 Å². The second-order valence-electron chi connectivity index (χ2n) is 4.85. The smallest absolute Gasteiger partial charge is 0.253 e. The Morgan fingerprint density at radius 1 is 1.09 bits per heavy atom. The number of halogens is 1. The summed E-state index contributed by atoms with van der Waals surface area (Å²) in [4.78, 5) is 8.62. The largest absolute Gasteiger partial charge is 0.463 e. The average molecular weight is 294 g/mol. The molecule has 108 valence electrons. The van der Waals surface area contributed by atoms with Gasteiger partial charge in [-0.05, 0) is 35.9 Å². The maximum atomic E-state index is 12.9. The SMILES string of the molecule is Fc1ccc(Cc2nc3nccc(-c4ccco4)n3n2)cc1. The van der Waals surface area contributed by atoms with Crippen molar-refractivity contribution in [1.29, 1.82) is 0 Å². The van der Waals surface area contributed by atoms with Gasteiger partial charge in [0.05, 0.1) is 6.26 Å². The van der Waals surface area contributed by atoms with Crippen LogP contribution >= 0.6 is 0 Å². The molecule has 6 heteroatoms. The Bertz CT molecular complexity index is 913. The highest BCUT2D eigenvalue weighted by Crippen LogP contribution is 2.19. The summed E-state index contributed by atoms with van der Waals surface area (Å²) in [7, 11) is 0. The third kappa shape index (κ3) is 2.24. The second-order valence-corrected chi connectivity index (χ2v) is 4.85. The molecule has 4 rings (SSSR count).